The maximum absolute atomic E-state index is 14.0. The van der Waals surface area contributed by atoms with E-state index < -0.39 is 26.3 Å². The van der Waals surface area contributed by atoms with Crippen LogP contribution in [0.25, 0.3) is 0 Å². The number of rotatable bonds is 5. The minimum atomic E-state index is -3.96. The lowest BCUT2D eigenvalue weighted by Gasteiger charge is -2.21. The van der Waals surface area contributed by atoms with Crippen LogP contribution < -0.4 is 10.0 Å². The van der Waals surface area contributed by atoms with Crippen LogP contribution in [0.3, 0.4) is 0 Å². The predicted octanol–water partition coefficient (Wildman–Crippen LogP) is 3.39. The van der Waals surface area contributed by atoms with E-state index in [9.17, 15) is 12.8 Å². The molecule has 2 aromatic rings. The van der Waals surface area contributed by atoms with Gasteiger partial charge in [-0.2, -0.15) is 5.26 Å². The van der Waals surface area contributed by atoms with Crippen LogP contribution in [-0.4, -0.2) is 14.0 Å². The first-order valence-electron chi connectivity index (χ1n) is 7.67. The van der Waals surface area contributed by atoms with Gasteiger partial charge in [-0.1, -0.05) is 12.1 Å². The Morgan fingerprint density at radius 1 is 1.12 bits per heavy atom. The number of benzene rings is 2. The fourth-order valence-electron chi connectivity index (χ4n) is 2.18. The third-order valence-corrected chi connectivity index (χ3v) is 5.01. The predicted molar refractivity (Wildman–Crippen MR) is 95.0 cm³/mol. The summed E-state index contributed by atoms with van der Waals surface area (Å²) in [5.74, 6) is -0.805. The standard InChI is InChI=1S/C18H20FN3O2S/c1-18(2,3)22-25(23,24)17-10-15(8-9-16(17)19)21-12-14-6-4-13(11-20)5-7-14/h4-10,21-22H,12H2,1-3H3. The van der Waals surface area contributed by atoms with E-state index >= 15 is 0 Å². The van der Waals surface area contributed by atoms with Crippen LogP contribution in [0.5, 0.6) is 0 Å². The smallest absolute Gasteiger partial charge is 0.244 e. The van der Waals surface area contributed by atoms with E-state index in [-0.39, 0.29) is 0 Å². The van der Waals surface area contributed by atoms with E-state index in [1.807, 2.05) is 6.07 Å². The van der Waals surface area contributed by atoms with Crippen LogP contribution in [0.2, 0.25) is 0 Å². The van der Waals surface area contributed by atoms with Crippen molar-refractivity contribution >= 4 is 15.7 Å². The number of sulfonamides is 1. The summed E-state index contributed by atoms with van der Waals surface area (Å²) in [6, 6.07) is 12.9. The summed E-state index contributed by atoms with van der Waals surface area (Å²) in [5, 5.41) is 11.8. The average Bonchev–Trinajstić information content (AvgIpc) is 2.52. The SMILES string of the molecule is CC(C)(C)NS(=O)(=O)c1cc(NCc2ccc(C#N)cc2)ccc1F. The quantitative estimate of drug-likeness (QED) is 0.855. The van der Waals surface area contributed by atoms with Gasteiger partial charge in [-0.3, -0.25) is 0 Å². The number of nitriles is 1. The Bertz CT molecular complexity index is 895. The summed E-state index contributed by atoms with van der Waals surface area (Å²) in [4.78, 5) is -0.396. The molecule has 0 radical (unpaired) electrons. The van der Waals surface area contributed by atoms with Crippen molar-refractivity contribution < 1.29 is 12.8 Å². The maximum atomic E-state index is 14.0. The van der Waals surface area contributed by atoms with Crippen LogP contribution in [-0.2, 0) is 16.6 Å². The van der Waals surface area contributed by atoms with Gasteiger partial charge >= 0.3 is 0 Å². The third-order valence-electron chi connectivity index (χ3n) is 3.24. The molecule has 0 saturated heterocycles. The van der Waals surface area contributed by atoms with Gasteiger partial charge in [0.15, 0.2) is 0 Å². The molecule has 0 aliphatic heterocycles. The fraction of sp³-hybridized carbons (Fsp3) is 0.278. The van der Waals surface area contributed by atoms with Crippen LogP contribution in [0, 0.1) is 17.1 Å². The summed E-state index contributed by atoms with van der Waals surface area (Å²) in [6.45, 7) is 5.49. The molecule has 0 bridgehead atoms. The highest BCUT2D eigenvalue weighted by Gasteiger charge is 2.25. The van der Waals surface area contributed by atoms with Gasteiger partial charge in [0, 0.05) is 17.8 Å². The molecule has 0 aromatic heterocycles. The molecule has 5 nitrogen and oxygen atoms in total. The Morgan fingerprint density at radius 2 is 1.76 bits per heavy atom. The lowest BCUT2D eigenvalue weighted by molar-refractivity contribution is 0.486. The summed E-state index contributed by atoms with van der Waals surface area (Å²) in [7, 11) is -3.96. The molecule has 0 atom stereocenters. The molecule has 7 heteroatoms. The highest BCUT2D eigenvalue weighted by atomic mass is 32.2. The molecule has 25 heavy (non-hydrogen) atoms. The van der Waals surface area contributed by atoms with Crippen LogP contribution in [0.15, 0.2) is 47.4 Å². The number of nitrogens with zero attached hydrogens (tertiary/aromatic N) is 1. The van der Waals surface area contributed by atoms with E-state index in [1.54, 1.807) is 45.0 Å². The van der Waals surface area contributed by atoms with Crippen molar-refractivity contribution in [2.75, 3.05) is 5.32 Å². The van der Waals surface area contributed by atoms with Crippen molar-refractivity contribution in [1.29, 1.82) is 5.26 Å². The van der Waals surface area contributed by atoms with Gasteiger partial charge in [-0.05, 0) is 56.7 Å². The zero-order valence-corrected chi connectivity index (χ0v) is 15.1. The molecule has 0 fully saturated rings. The first kappa shape index (κ1) is 18.9. The van der Waals surface area contributed by atoms with Crippen molar-refractivity contribution in [2.45, 2.75) is 37.8 Å². The highest BCUT2D eigenvalue weighted by molar-refractivity contribution is 7.89. The molecule has 0 unspecified atom stereocenters. The van der Waals surface area contributed by atoms with E-state index in [4.69, 9.17) is 5.26 Å². The molecule has 0 aliphatic rings. The molecular formula is C18H20FN3O2S. The van der Waals surface area contributed by atoms with Crippen molar-refractivity contribution in [2.24, 2.45) is 0 Å². The van der Waals surface area contributed by atoms with Gasteiger partial charge in [0.2, 0.25) is 10.0 Å². The summed E-state index contributed by atoms with van der Waals surface area (Å²) < 4.78 is 41.2. The monoisotopic (exact) mass is 361 g/mol. The van der Waals surface area contributed by atoms with E-state index in [0.29, 0.717) is 17.8 Å². The van der Waals surface area contributed by atoms with Crippen molar-refractivity contribution in [3.05, 3.63) is 59.4 Å². The van der Waals surface area contributed by atoms with Crippen molar-refractivity contribution in [3.8, 4) is 6.07 Å². The first-order valence-corrected chi connectivity index (χ1v) is 9.15. The maximum Gasteiger partial charge on any atom is 0.244 e. The average molecular weight is 361 g/mol. The molecule has 0 heterocycles. The van der Waals surface area contributed by atoms with Crippen molar-refractivity contribution in [3.63, 3.8) is 0 Å². The lowest BCUT2D eigenvalue weighted by atomic mass is 10.1. The zero-order valence-electron chi connectivity index (χ0n) is 14.3. The van der Waals surface area contributed by atoms with E-state index in [0.717, 1.165) is 11.6 Å². The number of anilines is 1. The van der Waals surface area contributed by atoms with Crippen LogP contribution in [0.4, 0.5) is 10.1 Å². The second-order valence-electron chi connectivity index (χ2n) is 6.66. The summed E-state index contributed by atoms with van der Waals surface area (Å²) >= 11 is 0. The Labute approximate surface area is 147 Å². The summed E-state index contributed by atoms with van der Waals surface area (Å²) in [6.07, 6.45) is 0. The van der Waals surface area contributed by atoms with E-state index in [2.05, 4.69) is 10.0 Å². The minimum Gasteiger partial charge on any atom is -0.381 e. The van der Waals surface area contributed by atoms with Gasteiger partial charge in [0.1, 0.15) is 10.7 Å². The van der Waals surface area contributed by atoms with Crippen LogP contribution >= 0.6 is 0 Å². The second-order valence-corrected chi connectivity index (χ2v) is 8.31. The fourth-order valence-corrected chi connectivity index (χ4v) is 3.70. The normalized spacial score (nSPS) is 11.8. The number of hydrogen-bond acceptors (Lipinski definition) is 4. The Hall–Kier alpha value is -2.43. The topological polar surface area (TPSA) is 82.0 Å². The summed E-state index contributed by atoms with van der Waals surface area (Å²) in [5.41, 5.74) is 1.25. The number of hydrogen-bond donors (Lipinski definition) is 2. The lowest BCUT2D eigenvalue weighted by Crippen LogP contribution is -2.40. The third kappa shape index (κ3) is 5.28. The molecule has 0 amide bonds. The largest absolute Gasteiger partial charge is 0.381 e. The Balaban J connectivity index is 2.19. The molecule has 2 aromatic carbocycles. The Kier molecular flexibility index (Phi) is 5.45. The number of halogens is 1. The van der Waals surface area contributed by atoms with Crippen LogP contribution in [0.1, 0.15) is 31.9 Å². The highest BCUT2D eigenvalue weighted by Crippen LogP contribution is 2.21. The zero-order chi connectivity index (χ0) is 18.7. The minimum absolute atomic E-state index is 0.396. The molecule has 0 aliphatic carbocycles. The van der Waals surface area contributed by atoms with Gasteiger partial charge in [0.05, 0.1) is 11.6 Å². The number of nitrogens with one attached hydrogen (secondary N) is 2. The molecular weight excluding hydrogens is 341 g/mol. The molecule has 0 spiro atoms. The second kappa shape index (κ2) is 7.21. The Morgan fingerprint density at radius 3 is 2.32 bits per heavy atom. The van der Waals surface area contributed by atoms with Gasteiger partial charge in [-0.25, -0.2) is 17.5 Å². The molecule has 2 rings (SSSR count). The van der Waals surface area contributed by atoms with Crippen molar-refractivity contribution in [1.82, 2.24) is 4.72 Å². The molecule has 0 saturated carbocycles. The van der Waals surface area contributed by atoms with Gasteiger partial charge < -0.3 is 5.32 Å². The molecule has 2 N–H and O–H groups in total. The first-order chi connectivity index (χ1) is 11.6. The van der Waals surface area contributed by atoms with Gasteiger partial charge in [0.25, 0.3) is 0 Å². The van der Waals surface area contributed by atoms with E-state index in [1.165, 1.54) is 12.1 Å². The molecule has 132 valence electrons. The van der Waals surface area contributed by atoms with Gasteiger partial charge in [-0.15, -0.1) is 0 Å².